The number of carbonyl (C=O) groups is 3. The normalized spacial score (nSPS) is 53.5. The maximum Gasteiger partial charge on any atom is 0.303 e. The molecule has 0 aromatic rings. The first kappa shape index (κ1) is 26.7. The van der Waals surface area contributed by atoms with E-state index in [1.54, 1.807) is 0 Å². The third-order valence-corrected chi connectivity index (χ3v) is 12.3. The van der Waals surface area contributed by atoms with Crippen molar-refractivity contribution in [2.24, 2.45) is 52.3 Å². The van der Waals surface area contributed by atoms with E-state index in [9.17, 15) is 14.4 Å². The molecule has 4 aliphatic carbocycles. The summed E-state index contributed by atoms with van der Waals surface area (Å²) in [4.78, 5) is 38.8. The number of hydrogen-bond acceptors (Lipinski definition) is 7. The van der Waals surface area contributed by atoms with Gasteiger partial charge in [-0.3, -0.25) is 14.4 Å². The Labute approximate surface area is 227 Å². The summed E-state index contributed by atoms with van der Waals surface area (Å²) >= 11 is 0. The lowest BCUT2D eigenvalue weighted by Crippen LogP contribution is -2.65. The Kier molecular flexibility index (Phi) is 6.35. The second-order valence-electron chi connectivity index (χ2n) is 14.3. The van der Waals surface area contributed by atoms with E-state index < -0.39 is 17.3 Å². The van der Waals surface area contributed by atoms with Gasteiger partial charge in [-0.1, -0.05) is 27.7 Å². The Morgan fingerprint density at radius 3 is 2.34 bits per heavy atom. The highest BCUT2D eigenvalue weighted by Crippen LogP contribution is 2.71. The minimum Gasteiger partial charge on any atom is -0.463 e. The van der Waals surface area contributed by atoms with Gasteiger partial charge in [-0.05, 0) is 74.0 Å². The molecule has 6 aliphatic rings. The van der Waals surface area contributed by atoms with Gasteiger partial charge in [0.05, 0.1) is 12.7 Å². The van der Waals surface area contributed by atoms with Crippen molar-refractivity contribution in [3.8, 4) is 0 Å². The van der Waals surface area contributed by atoms with Crippen LogP contribution in [0.25, 0.3) is 0 Å². The van der Waals surface area contributed by atoms with Crippen LogP contribution in [0.3, 0.4) is 0 Å². The lowest BCUT2D eigenvalue weighted by molar-refractivity contribution is -0.273. The minimum absolute atomic E-state index is 0.0169. The molecule has 2 saturated heterocycles. The fourth-order valence-corrected chi connectivity index (χ4v) is 10.7. The van der Waals surface area contributed by atoms with Crippen LogP contribution in [-0.2, 0) is 33.3 Å². The minimum atomic E-state index is -0.758. The van der Waals surface area contributed by atoms with Gasteiger partial charge < -0.3 is 18.9 Å². The number of ether oxygens (including phenoxy) is 4. The summed E-state index contributed by atoms with van der Waals surface area (Å²) < 4.78 is 25.0. The first-order valence-electron chi connectivity index (χ1n) is 15.1. The molecule has 0 N–H and O–H groups in total. The lowest BCUT2D eigenvalue weighted by Gasteiger charge is -2.61. The highest BCUT2D eigenvalue weighted by atomic mass is 16.7. The van der Waals surface area contributed by atoms with Crippen molar-refractivity contribution < 1.29 is 33.3 Å². The third kappa shape index (κ3) is 3.69. The van der Waals surface area contributed by atoms with E-state index in [4.69, 9.17) is 18.9 Å². The van der Waals surface area contributed by atoms with E-state index in [0.717, 1.165) is 51.4 Å². The molecule has 212 valence electrons. The van der Waals surface area contributed by atoms with Gasteiger partial charge in [-0.15, -0.1) is 0 Å². The molecular formula is C31H46O7. The van der Waals surface area contributed by atoms with Gasteiger partial charge in [0.2, 0.25) is 0 Å². The van der Waals surface area contributed by atoms with Crippen LogP contribution in [0.2, 0.25) is 0 Å². The average molecular weight is 531 g/mol. The summed E-state index contributed by atoms with van der Waals surface area (Å²) in [6.07, 6.45) is 6.54. The largest absolute Gasteiger partial charge is 0.463 e. The third-order valence-electron chi connectivity index (χ3n) is 12.3. The summed E-state index contributed by atoms with van der Waals surface area (Å²) in [5.41, 5.74) is -0.646. The molecule has 7 heteroatoms. The molecule has 4 saturated carbocycles. The van der Waals surface area contributed by atoms with Crippen LogP contribution in [0.15, 0.2) is 0 Å². The van der Waals surface area contributed by atoms with Crippen LogP contribution >= 0.6 is 0 Å². The zero-order valence-corrected chi connectivity index (χ0v) is 24.0. The van der Waals surface area contributed by atoms with Crippen molar-refractivity contribution in [2.45, 2.75) is 117 Å². The van der Waals surface area contributed by atoms with E-state index in [0.29, 0.717) is 18.4 Å². The number of carbonyl (C=O) groups excluding carboxylic acids is 3. The summed E-state index contributed by atoms with van der Waals surface area (Å²) in [7, 11) is 0. The summed E-state index contributed by atoms with van der Waals surface area (Å²) in [6.45, 7) is 12.6. The molecule has 0 amide bonds. The smallest absolute Gasteiger partial charge is 0.303 e. The molecule has 13 atom stereocenters. The number of hydrogen-bond donors (Lipinski definition) is 0. The van der Waals surface area contributed by atoms with Crippen molar-refractivity contribution in [2.75, 3.05) is 6.61 Å². The summed E-state index contributed by atoms with van der Waals surface area (Å²) in [5, 5.41) is 0. The number of fused-ring (bicyclic) bond motifs is 7. The van der Waals surface area contributed by atoms with Crippen LogP contribution in [0.1, 0.15) is 92.9 Å². The molecule has 7 nitrogen and oxygen atoms in total. The van der Waals surface area contributed by atoms with E-state index >= 15 is 0 Å². The van der Waals surface area contributed by atoms with Crippen molar-refractivity contribution in [1.82, 2.24) is 0 Å². The van der Waals surface area contributed by atoms with E-state index in [-0.39, 0.29) is 64.9 Å². The predicted molar refractivity (Wildman–Crippen MR) is 139 cm³/mol. The lowest BCUT2D eigenvalue weighted by atomic mass is 9.43. The fourth-order valence-electron chi connectivity index (χ4n) is 10.7. The quantitative estimate of drug-likeness (QED) is 0.460. The van der Waals surface area contributed by atoms with Crippen LogP contribution in [0, 0.1) is 52.3 Å². The Bertz CT molecular complexity index is 1000. The van der Waals surface area contributed by atoms with Crippen LogP contribution in [0.4, 0.5) is 0 Å². The zero-order valence-electron chi connectivity index (χ0n) is 24.0. The highest BCUT2D eigenvalue weighted by Gasteiger charge is 2.74. The molecule has 0 aromatic carbocycles. The molecule has 0 radical (unpaired) electrons. The first-order chi connectivity index (χ1) is 17.9. The molecule has 1 spiro atoms. The standard InChI is InChI=1S/C31H46O7/c1-16-9-12-31(35-15-16)17(2)25-24(38-31)14-23-22-8-7-20-13-21(36-18(3)32)10-11-29(20,5)26(22)27(34)28(30(23,25)6)37-19(4)33/h16-17,20-26,28H,7-15H2,1-6H3/t16-,17-,20-,21-,22-,23+,24-,25-,26-,28+,29-,30-,31+/m0/s1. The Morgan fingerprint density at radius 2 is 1.68 bits per heavy atom. The molecular weight excluding hydrogens is 484 g/mol. The van der Waals surface area contributed by atoms with E-state index in [1.807, 2.05) is 0 Å². The average Bonchev–Trinajstić information content (AvgIpc) is 3.29. The van der Waals surface area contributed by atoms with Crippen molar-refractivity contribution >= 4 is 17.7 Å². The van der Waals surface area contributed by atoms with Gasteiger partial charge in [0.25, 0.3) is 0 Å². The Hall–Kier alpha value is -1.47. The number of Topliss-reactive ketones (excluding diaryl/α,β-unsaturated/α-hetero) is 1. The summed E-state index contributed by atoms with van der Waals surface area (Å²) in [5.74, 6) is 0.386. The van der Waals surface area contributed by atoms with Crippen LogP contribution in [-0.4, -0.2) is 48.4 Å². The summed E-state index contributed by atoms with van der Waals surface area (Å²) in [6, 6.07) is 0. The van der Waals surface area contributed by atoms with Gasteiger partial charge >= 0.3 is 11.9 Å². The molecule has 6 rings (SSSR count). The first-order valence-corrected chi connectivity index (χ1v) is 15.1. The maximum absolute atomic E-state index is 14.6. The topological polar surface area (TPSA) is 88.1 Å². The van der Waals surface area contributed by atoms with Crippen LogP contribution < -0.4 is 0 Å². The number of esters is 2. The second-order valence-corrected chi connectivity index (χ2v) is 14.3. The van der Waals surface area contributed by atoms with E-state index in [1.165, 1.54) is 13.8 Å². The Balaban J connectivity index is 1.34. The fraction of sp³-hybridized carbons (Fsp3) is 0.903. The molecule has 38 heavy (non-hydrogen) atoms. The van der Waals surface area contributed by atoms with Crippen molar-refractivity contribution in [3.05, 3.63) is 0 Å². The zero-order chi connectivity index (χ0) is 27.2. The van der Waals surface area contributed by atoms with Gasteiger partial charge in [0, 0.05) is 43.4 Å². The molecule has 6 fully saturated rings. The number of ketones is 1. The van der Waals surface area contributed by atoms with Gasteiger partial charge in [-0.2, -0.15) is 0 Å². The van der Waals surface area contributed by atoms with Gasteiger partial charge in [0.1, 0.15) is 6.10 Å². The van der Waals surface area contributed by atoms with Gasteiger partial charge in [-0.25, -0.2) is 0 Å². The molecule has 2 aliphatic heterocycles. The number of rotatable bonds is 2. The van der Waals surface area contributed by atoms with Crippen LogP contribution in [0.5, 0.6) is 0 Å². The molecule has 0 bridgehead atoms. The van der Waals surface area contributed by atoms with Crippen molar-refractivity contribution in [3.63, 3.8) is 0 Å². The van der Waals surface area contributed by atoms with Gasteiger partial charge in [0.15, 0.2) is 17.7 Å². The van der Waals surface area contributed by atoms with E-state index in [2.05, 4.69) is 27.7 Å². The maximum atomic E-state index is 14.6. The molecule has 2 heterocycles. The monoisotopic (exact) mass is 530 g/mol. The SMILES string of the molecule is CC(=O)O[C@H]1CC[C@@]2(C)[C@@H](CC[C@@H]3[C@H]2C(=O)[C@@H](OC(C)=O)[C@]2(C)[C@@H]4[C@H](C[C@H]32)O[C@]2(CC[C@H](C)CO2)[C@H]4C)C1. The van der Waals surface area contributed by atoms with Crippen molar-refractivity contribution in [1.29, 1.82) is 0 Å². The predicted octanol–water partition coefficient (Wildman–Crippen LogP) is 5.09. The Morgan fingerprint density at radius 1 is 0.947 bits per heavy atom. The second kappa shape index (κ2) is 9.02. The highest BCUT2D eigenvalue weighted by molar-refractivity contribution is 5.90. The molecule has 0 unspecified atom stereocenters. The molecule has 0 aromatic heterocycles.